The summed E-state index contributed by atoms with van der Waals surface area (Å²) in [7, 11) is 1.68. The average Bonchev–Trinajstić information content (AvgIpc) is 2.33. The fourth-order valence-electron chi connectivity index (χ4n) is 1.58. The fraction of sp³-hybridized carbons (Fsp3) is 0.600. The Balaban J connectivity index is 2.59. The van der Waals surface area contributed by atoms with Gasteiger partial charge in [0.05, 0.1) is 13.2 Å². The monoisotopic (exact) mass is 314 g/mol. The fourth-order valence-corrected chi connectivity index (χ4v) is 2.14. The minimum Gasteiger partial charge on any atom is -0.497 e. The summed E-state index contributed by atoms with van der Waals surface area (Å²) in [5.41, 5.74) is 1.46. The van der Waals surface area contributed by atoms with Crippen molar-refractivity contribution in [2.24, 2.45) is 5.41 Å². The number of hydrogen-bond acceptors (Lipinski definition) is 2. The lowest BCUT2D eigenvalue weighted by Crippen LogP contribution is -2.13. The van der Waals surface area contributed by atoms with Crippen molar-refractivity contribution in [2.75, 3.05) is 19.0 Å². The van der Waals surface area contributed by atoms with E-state index in [2.05, 4.69) is 42.8 Å². The van der Waals surface area contributed by atoms with E-state index in [1.807, 2.05) is 18.2 Å². The third-order valence-electron chi connectivity index (χ3n) is 2.78. The zero-order valence-corrected chi connectivity index (χ0v) is 13.3. The Kier molecular flexibility index (Phi) is 6.16. The number of rotatable bonds is 6. The van der Waals surface area contributed by atoms with Crippen molar-refractivity contribution in [3.63, 3.8) is 0 Å². The minimum absolute atomic E-state index is 0.0856. The topological polar surface area (TPSA) is 18.5 Å². The highest BCUT2D eigenvalue weighted by molar-refractivity contribution is 9.09. The lowest BCUT2D eigenvalue weighted by atomic mass is 9.93. The van der Waals surface area contributed by atoms with E-state index in [0.717, 1.165) is 29.7 Å². The van der Waals surface area contributed by atoms with Gasteiger partial charge in [-0.15, -0.1) is 0 Å². The smallest absolute Gasteiger partial charge is 0.119 e. The first kappa shape index (κ1) is 15.5. The molecule has 1 aromatic rings. The van der Waals surface area contributed by atoms with Crippen LogP contribution >= 0.6 is 15.9 Å². The molecular formula is C15H23BrO2. The number of methoxy groups -OCH3 is 1. The van der Waals surface area contributed by atoms with Crippen LogP contribution in [-0.2, 0) is 4.74 Å². The molecule has 0 saturated heterocycles. The summed E-state index contributed by atoms with van der Waals surface area (Å²) in [5, 5.41) is 0.796. The first-order valence-electron chi connectivity index (χ1n) is 6.28. The summed E-state index contributed by atoms with van der Waals surface area (Å²) in [6, 6.07) is 8.05. The Labute approximate surface area is 119 Å². The second-order valence-corrected chi connectivity index (χ2v) is 6.25. The van der Waals surface area contributed by atoms with E-state index >= 15 is 0 Å². The van der Waals surface area contributed by atoms with Crippen molar-refractivity contribution in [3.05, 3.63) is 29.8 Å². The number of benzene rings is 1. The number of hydrogen-bond donors (Lipinski definition) is 0. The predicted octanol–water partition coefficient (Wildman–Crippen LogP) is 4.58. The van der Waals surface area contributed by atoms with Crippen LogP contribution in [0.1, 0.15) is 38.9 Å². The lowest BCUT2D eigenvalue weighted by molar-refractivity contribution is 0.0520. The van der Waals surface area contributed by atoms with Crippen molar-refractivity contribution >= 4 is 15.9 Å². The third-order valence-corrected chi connectivity index (χ3v) is 3.36. The number of ether oxygens (including phenoxy) is 2. The van der Waals surface area contributed by atoms with Gasteiger partial charge in [0, 0.05) is 11.9 Å². The molecular weight excluding hydrogens is 292 g/mol. The van der Waals surface area contributed by atoms with Crippen LogP contribution < -0.4 is 4.74 Å². The van der Waals surface area contributed by atoms with Crippen LogP contribution in [0.5, 0.6) is 5.75 Å². The third kappa shape index (κ3) is 5.40. The van der Waals surface area contributed by atoms with Gasteiger partial charge in [0.1, 0.15) is 5.75 Å². The molecule has 1 atom stereocenters. The number of halogens is 1. The Hall–Kier alpha value is -0.540. The molecule has 0 spiro atoms. The quantitative estimate of drug-likeness (QED) is 0.715. The van der Waals surface area contributed by atoms with Crippen LogP contribution in [0.25, 0.3) is 0 Å². The van der Waals surface area contributed by atoms with Crippen molar-refractivity contribution in [2.45, 2.75) is 33.3 Å². The van der Waals surface area contributed by atoms with Gasteiger partial charge in [-0.05, 0) is 29.5 Å². The molecule has 1 aromatic carbocycles. The van der Waals surface area contributed by atoms with Crippen molar-refractivity contribution in [1.29, 1.82) is 0 Å². The average molecular weight is 315 g/mol. The highest BCUT2D eigenvalue weighted by atomic mass is 79.9. The number of alkyl halides is 1. The SMILES string of the molecule is COc1cccc(C(CBr)OCCC(C)(C)C)c1. The molecule has 0 aliphatic rings. The van der Waals surface area contributed by atoms with Crippen LogP contribution in [0.3, 0.4) is 0 Å². The molecule has 0 N–H and O–H groups in total. The van der Waals surface area contributed by atoms with Crippen LogP contribution in [0.4, 0.5) is 0 Å². The second-order valence-electron chi connectivity index (χ2n) is 5.60. The molecule has 0 aliphatic carbocycles. The maximum absolute atomic E-state index is 5.95. The standard InChI is InChI=1S/C15H23BrO2/c1-15(2,3)8-9-18-14(11-16)12-6-5-7-13(10-12)17-4/h5-7,10,14H,8-9,11H2,1-4H3. The van der Waals surface area contributed by atoms with Gasteiger partial charge in [-0.25, -0.2) is 0 Å². The maximum atomic E-state index is 5.95. The van der Waals surface area contributed by atoms with Gasteiger partial charge in [0.2, 0.25) is 0 Å². The lowest BCUT2D eigenvalue weighted by Gasteiger charge is -2.21. The van der Waals surface area contributed by atoms with Crippen LogP contribution in [0.15, 0.2) is 24.3 Å². The molecule has 1 unspecified atom stereocenters. The van der Waals surface area contributed by atoms with E-state index < -0.39 is 0 Å². The molecule has 102 valence electrons. The second kappa shape index (κ2) is 7.15. The highest BCUT2D eigenvalue weighted by Crippen LogP contribution is 2.25. The zero-order valence-electron chi connectivity index (χ0n) is 11.7. The van der Waals surface area contributed by atoms with E-state index in [1.165, 1.54) is 0 Å². The zero-order chi connectivity index (χ0) is 13.6. The highest BCUT2D eigenvalue weighted by Gasteiger charge is 2.14. The van der Waals surface area contributed by atoms with Gasteiger partial charge >= 0.3 is 0 Å². The van der Waals surface area contributed by atoms with E-state index in [4.69, 9.17) is 9.47 Å². The van der Waals surface area contributed by atoms with E-state index in [9.17, 15) is 0 Å². The Morgan fingerprint density at radius 2 is 2.00 bits per heavy atom. The molecule has 3 heteroatoms. The van der Waals surface area contributed by atoms with Crippen LogP contribution in [-0.4, -0.2) is 19.0 Å². The van der Waals surface area contributed by atoms with Gasteiger partial charge in [-0.1, -0.05) is 48.8 Å². The summed E-state index contributed by atoms with van der Waals surface area (Å²) in [6.45, 7) is 7.46. The molecule has 0 saturated carbocycles. The van der Waals surface area contributed by atoms with E-state index in [1.54, 1.807) is 7.11 Å². The largest absolute Gasteiger partial charge is 0.497 e. The molecule has 2 nitrogen and oxygen atoms in total. The molecule has 0 aromatic heterocycles. The molecule has 0 heterocycles. The predicted molar refractivity (Wildman–Crippen MR) is 79.6 cm³/mol. The summed E-state index contributed by atoms with van der Waals surface area (Å²) in [4.78, 5) is 0. The van der Waals surface area contributed by atoms with Crippen molar-refractivity contribution < 1.29 is 9.47 Å². The Bertz CT molecular complexity index is 358. The summed E-state index contributed by atoms with van der Waals surface area (Å²) in [6.07, 6.45) is 1.14. The molecule has 0 fully saturated rings. The summed E-state index contributed by atoms with van der Waals surface area (Å²) >= 11 is 3.51. The van der Waals surface area contributed by atoms with Gasteiger partial charge in [0.25, 0.3) is 0 Å². The van der Waals surface area contributed by atoms with E-state index in [-0.39, 0.29) is 6.10 Å². The first-order valence-corrected chi connectivity index (χ1v) is 7.40. The molecule has 0 radical (unpaired) electrons. The normalized spacial score (nSPS) is 13.4. The van der Waals surface area contributed by atoms with Crippen molar-refractivity contribution in [1.82, 2.24) is 0 Å². The van der Waals surface area contributed by atoms with Gasteiger partial charge in [0.15, 0.2) is 0 Å². The van der Waals surface area contributed by atoms with E-state index in [0.29, 0.717) is 5.41 Å². The van der Waals surface area contributed by atoms with Crippen LogP contribution in [0, 0.1) is 5.41 Å². The summed E-state index contributed by atoms with van der Waals surface area (Å²) in [5.74, 6) is 0.873. The Morgan fingerprint density at radius 1 is 1.28 bits per heavy atom. The minimum atomic E-state index is 0.0856. The van der Waals surface area contributed by atoms with Crippen molar-refractivity contribution in [3.8, 4) is 5.75 Å². The Morgan fingerprint density at radius 3 is 2.56 bits per heavy atom. The molecule has 1 rings (SSSR count). The molecule has 0 amide bonds. The summed E-state index contributed by atoms with van der Waals surface area (Å²) < 4.78 is 11.2. The maximum Gasteiger partial charge on any atom is 0.119 e. The van der Waals surface area contributed by atoms with Gasteiger partial charge < -0.3 is 9.47 Å². The molecule has 0 bridgehead atoms. The molecule has 18 heavy (non-hydrogen) atoms. The van der Waals surface area contributed by atoms with Gasteiger partial charge in [-0.2, -0.15) is 0 Å². The van der Waals surface area contributed by atoms with Gasteiger partial charge in [-0.3, -0.25) is 0 Å². The molecule has 0 aliphatic heterocycles. The van der Waals surface area contributed by atoms with Crippen LogP contribution in [0.2, 0.25) is 0 Å². The first-order chi connectivity index (χ1) is 8.46.